The number of anilines is 2. The highest BCUT2D eigenvalue weighted by atomic mass is 35.5. The Kier molecular flexibility index (Phi) is 12.3. The summed E-state index contributed by atoms with van der Waals surface area (Å²) in [6.45, 7) is 6.63. The molecule has 10 nitrogen and oxygen atoms in total. The van der Waals surface area contributed by atoms with Crippen molar-refractivity contribution in [2.24, 2.45) is 0 Å². The number of Topliss-reactive ketones (excluding diaryl/α,β-unsaturated/α-hetero) is 1. The topological polar surface area (TPSA) is 128 Å². The molecule has 1 N–H and O–H groups in total. The molecule has 0 heterocycles. The second-order valence-electron chi connectivity index (χ2n) is 9.49. The number of aryl methyl sites for hydroxylation is 1. The second-order valence-corrected chi connectivity index (χ2v) is 13.6. The van der Waals surface area contributed by atoms with Gasteiger partial charge in [0.25, 0.3) is 15.9 Å². The Hall–Kier alpha value is -3.71. The van der Waals surface area contributed by atoms with Gasteiger partial charge in [0.2, 0.25) is 0 Å². The summed E-state index contributed by atoms with van der Waals surface area (Å²) >= 11 is 13.0. The van der Waals surface area contributed by atoms with E-state index in [1.54, 1.807) is 31.2 Å². The Balaban J connectivity index is 1.90. The van der Waals surface area contributed by atoms with E-state index < -0.39 is 21.9 Å². The van der Waals surface area contributed by atoms with Gasteiger partial charge in [-0.25, -0.2) is 13.2 Å². The summed E-state index contributed by atoms with van der Waals surface area (Å²) in [6, 6.07) is 13.4. The van der Waals surface area contributed by atoms with Crippen LogP contribution in [0.5, 0.6) is 17.2 Å². The Morgan fingerprint density at radius 3 is 2.24 bits per heavy atom. The number of amides is 1. The zero-order valence-electron chi connectivity index (χ0n) is 25.4. The van der Waals surface area contributed by atoms with Gasteiger partial charge in [-0.3, -0.25) is 13.9 Å². The number of esters is 1. The smallest absolute Gasteiger partial charge is 0.343 e. The fraction of sp³-hybridized carbons (Fsp3) is 0.258. The van der Waals surface area contributed by atoms with Crippen LogP contribution in [-0.4, -0.2) is 52.1 Å². The van der Waals surface area contributed by atoms with Crippen LogP contribution in [0.3, 0.4) is 0 Å². The quantitative estimate of drug-likeness (QED) is 0.0658. The Morgan fingerprint density at radius 1 is 0.956 bits per heavy atom. The first-order chi connectivity index (χ1) is 21.2. The molecule has 240 valence electrons. The van der Waals surface area contributed by atoms with E-state index in [0.717, 1.165) is 16.1 Å². The summed E-state index contributed by atoms with van der Waals surface area (Å²) in [4.78, 5) is 37.6. The minimum absolute atomic E-state index is 0.0249. The number of halogens is 2. The molecule has 3 aromatic carbocycles. The maximum atomic E-state index is 13.6. The Bertz CT molecular complexity index is 1760. The largest absolute Gasteiger partial charge is 0.493 e. The lowest BCUT2D eigenvalue weighted by atomic mass is 10.1. The summed E-state index contributed by atoms with van der Waals surface area (Å²) in [6.07, 6.45) is 0. The van der Waals surface area contributed by atoms with E-state index >= 15 is 0 Å². The van der Waals surface area contributed by atoms with Crippen molar-refractivity contribution in [3.05, 3.63) is 86.1 Å². The predicted octanol–water partition coefficient (Wildman–Crippen LogP) is 7.04. The number of ketones is 1. The molecular weight excluding hydrogens is 663 g/mol. The fourth-order valence-electron chi connectivity index (χ4n) is 4.08. The van der Waals surface area contributed by atoms with E-state index in [0.29, 0.717) is 29.2 Å². The Morgan fingerprint density at radius 2 is 1.64 bits per heavy atom. The molecule has 0 bridgehead atoms. The number of sulfonamides is 1. The monoisotopic (exact) mass is 694 g/mol. The first-order valence-electron chi connectivity index (χ1n) is 13.4. The van der Waals surface area contributed by atoms with Crippen molar-refractivity contribution in [3.8, 4) is 17.2 Å². The van der Waals surface area contributed by atoms with Gasteiger partial charge in [-0.05, 0) is 81.8 Å². The van der Waals surface area contributed by atoms with Crippen molar-refractivity contribution in [3.63, 3.8) is 0 Å². The highest BCUT2D eigenvalue weighted by Gasteiger charge is 2.28. The number of nitrogens with one attached hydrogen (secondary N) is 1. The zero-order valence-corrected chi connectivity index (χ0v) is 28.5. The van der Waals surface area contributed by atoms with Gasteiger partial charge in [0.15, 0.2) is 17.3 Å². The van der Waals surface area contributed by atoms with Crippen molar-refractivity contribution in [2.45, 2.75) is 27.7 Å². The lowest BCUT2D eigenvalue weighted by Gasteiger charge is -2.22. The number of ether oxygens (including phenoxy) is 3. The summed E-state index contributed by atoms with van der Waals surface area (Å²) < 4.78 is 44.6. The molecule has 0 radical (unpaired) electrons. The SMILES string of the molecule is CCOc1ccc(N(C)S(=O)(=O)/C(C)=C(/SCCl)C(=O)Nc2cc(Cl)cc(C(=O)Oc3ccc(C(C)=O)cc3C)c2)cc1OC. The van der Waals surface area contributed by atoms with Gasteiger partial charge >= 0.3 is 5.97 Å². The lowest BCUT2D eigenvalue weighted by molar-refractivity contribution is -0.112. The summed E-state index contributed by atoms with van der Waals surface area (Å²) in [5, 5.41) is 2.60. The number of nitrogens with zero attached hydrogens (tertiary/aromatic N) is 1. The molecule has 0 saturated heterocycles. The molecule has 0 atom stereocenters. The summed E-state index contributed by atoms with van der Waals surface area (Å²) in [5.41, 5.74) is 1.46. The molecule has 0 fully saturated rings. The molecular formula is C31H32Cl2N2O8S2. The number of benzene rings is 3. The number of allylic oxidation sites excluding steroid dienone is 1. The molecule has 0 aromatic heterocycles. The number of rotatable bonds is 13. The van der Waals surface area contributed by atoms with Crippen LogP contribution < -0.4 is 23.8 Å². The van der Waals surface area contributed by atoms with Crippen LogP contribution in [0.25, 0.3) is 0 Å². The molecule has 1 amide bonds. The van der Waals surface area contributed by atoms with Crippen LogP contribution in [0.4, 0.5) is 11.4 Å². The molecule has 0 aliphatic rings. The van der Waals surface area contributed by atoms with Crippen LogP contribution in [0.15, 0.2) is 64.4 Å². The maximum Gasteiger partial charge on any atom is 0.343 e. The molecule has 45 heavy (non-hydrogen) atoms. The van der Waals surface area contributed by atoms with E-state index in [1.807, 2.05) is 6.92 Å². The third-order valence-electron chi connectivity index (χ3n) is 6.46. The van der Waals surface area contributed by atoms with Gasteiger partial charge in [0, 0.05) is 29.4 Å². The summed E-state index contributed by atoms with van der Waals surface area (Å²) in [5.74, 6) is -0.636. The van der Waals surface area contributed by atoms with Crippen LogP contribution in [0.1, 0.15) is 47.1 Å². The number of hydrogen-bond acceptors (Lipinski definition) is 9. The molecule has 0 aliphatic heterocycles. The molecule has 0 aliphatic carbocycles. The van der Waals surface area contributed by atoms with E-state index in [4.69, 9.17) is 37.4 Å². The van der Waals surface area contributed by atoms with Crippen molar-refractivity contribution in [1.82, 2.24) is 0 Å². The molecule has 3 aromatic rings. The minimum Gasteiger partial charge on any atom is -0.493 e. The standard InChI is InChI=1S/C31H32Cl2N2O8S2/c1-7-42-27-11-9-25(16-28(27)41-6)35(5)45(39,40)20(4)29(44-17-32)30(37)34-24-14-22(13-23(33)15-24)31(38)43-26-10-8-21(19(3)36)12-18(26)2/h8-16H,7,17H2,1-6H3,(H,34,37)/b29-20+. The molecule has 3 rings (SSSR count). The highest BCUT2D eigenvalue weighted by molar-refractivity contribution is 8.06. The van der Waals surface area contributed by atoms with Crippen molar-refractivity contribution in [1.29, 1.82) is 0 Å². The number of carbonyl (C=O) groups is 3. The van der Waals surface area contributed by atoms with Crippen molar-refractivity contribution in [2.75, 3.05) is 35.6 Å². The van der Waals surface area contributed by atoms with Gasteiger partial charge in [-0.15, -0.1) is 23.4 Å². The average molecular weight is 696 g/mol. The first kappa shape index (κ1) is 35.8. The minimum atomic E-state index is -4.22. The highest BCUT2D eigenvalue weighted by Crippen LogP contribution is 2.35. The maximum absolute atomic E-state index is 13.6. The molecule has 0 spiro atoms. The van der Waals surface area contributed by atoms with E-state index in [9.17, 15) is 22.8 Å². The van der Waals surface area contributed by atoms with Crippen LogP contribution in [0, 0.1) is 6.92 Å². The van der Waals surface area contributed by atoms with E-state index in [2.05, 4.69) is 5.32 Å². The van der Waals surface area contributed by atoms with Gasteiger partial charge in [-0.2, -0.15) is 0 Å². The third kappa shape index (κ3) is 8.72. The molecule has 0 unspecified atom stereocenters. The number of hydrogen-bond donors (Lipinski definition) is 1. The number of methoxy groups -OCH3 is 1. The number of alkyl halides is 1. The molecule has 14 heteroatoms. The average Bonchev–Trinajstić information content (AvgIpc) is 2.99. The third-order valence-corrected chi connectivity index (χ3v) is 9.93. The number of carbonyl (C=O) groups excluding carboxylic acids is 3. The first-order valence-corrected chi connectivity index (χ1v) is 16.7. The number of thioether (sulfide) groups is 1. The second kappa shape index (κ2) is 15.5. The predicted molar refractivity (Wildman–Crippen MR) is 179 cm³/mol. The Labute approximate surface area is 276 Å². The normalized spacial score (nSPS) is 11.7. The zero-order chi connectivity index (χ0) is 33.5. The van der Waals surface area contributed by atoms with Crippen molar-refractivity contribution >= 4 is 74.0 Å². The van der Waals surface area contributed by atoms with Crippen molar-refractivity contribution < 1.29 is 37.0 Å². The van der Waals surface area contributed by atoms with Gasteiger partial charge < -0.3 is 19.5 Å². The lowest BCUT2D eigenvalue weighted by Crippen LogP contribution is -2.29. The van der Waals surface area contributed by atoms with Crippen LogP contribution >= 0.6 is 35.0 Å². The summed E-state index contributed by atoms with van der Waals surface area (Å²) in [7, 11) is -1.44. The fourth-order valence-corrected chi connectivity index (χ4v) is 6.76. The van der Waals surface area contributed by atoms with E-state index in [-0.39, 0.29) is 48.5 Å². The van der Waals surface area contributed by atoms with E-state index in [1.165, 1.54) is 58.3 Å². The van der Waals surface area contributed by atoms with Gasteiger partial charge in [0.05, 0.1) is 40.0 Å². The van der Waals surface area contributed by atoms with Crippen LogP contribution in [0.2, 0.25) is 5.02 Å². The van der Waals surface area contributed by atoms with Gasteiger partial charge in [-0.1, -0.05) is 11.6 Å². The van der Waals surface area contributed by atoms with Crippen LogP contribution in [-0.2, 0) is 14.8 Å². The molecule has 0 saturated carbocycles. The van der Waals surface area contributed by atoms with Gasteiger partial charge in [0.1, 0.15) is 5.75 Å².